The molecule has 3 aromatic rings. The van der Waals surface area contributed by atoms with E-state index in [1.54, 1.807) is 36.4 Å². The minimum Gasteiger partial charge on any atom is -0.411 e. The van der Waals surface area contributed by atoms with Gasteiger partial charge < -0.3 is 4.42 Å². The third-order valence-corrected chi connectivity index (χ3v) is 4.11. The van der Waals surface area contributed by atoms with E-state index in [2.05, 4.69) is 10.2 Å². The van der Waals surface area contributed by atoms with Crippen LogP contribution in [0.25, 0.3) is 11.5 Å². The molecule has 0 aliphatic carbocycles. The van der Waals surface area contributed by atoms with Crippen LogP contribution in [0.3, 0.4) is 0 Å². The Hall–Kier alpha value is -1.82. The van der Waals surface area contributed by atoms with Crippen LogP contribution in [0.5, 0.6) is 0 Å². The van der Waals surface area contributed by atoms with E-state index in [4.69, 9.17) is 27.6 Å². The molecule has 0 unspecified atom stereocenters. The van der Waals surface area contributed by atoms with E-state index in [0.29, 0.717) is 21.2 Å². The number of aromatic nitrogens is 2. The van der Waals surface area contributed by atoms with Crippen LogP contribution in [-0.4, -0.2) is 15.3 Å². The summed E-state index contributed by atoms with van der Waals surface area (Å²) in [7, 11) is 0. The maximum absolute atomic E-state index is 12.1. The number of carbonyl (C=O) groups excluding carboxylic acids is 1. The lowest BCUT2D eigenvalue weighted by Gasteiger charge is -1.98. The summed E-state index contributed by atoms with van der Waals surface area (Å²) in [5.74, 6) is 0.275. The van der Waals surface area contributed by atoms with Crippen molar-refractivity contribution in [2.45, 2.75) is 5.22 Å². The third kappa shape index (κ3) is 3.32. The lowest BCUT2D eigenvalue weighted by Crippen LogP contribution is -1.92. The van der Waals surface area contributed by atoms with Gasteiger partial charge >= 0.3 is 0 Å². The van der Waals surface area contributed by atoms with Crippen LogP contribution >= 0.6 is 35.0 Å². The van der Waals surface area contributed by atoms with Crippen LogP contribution in [0.1, 0.15) is 10.4 Å². The van der Waals surface area contributed by atoms with Gasteiger partial charge in [-0.1, -0.05) is 35.3 Å². The van der Waals surface area contributed by atoms with E-state index in [1.165, 1.54) is 0 Å². The molecule has 0 fully saturated rings. The summed E-state index contributed by atoms with van der Waals surface area (Å²) in [5, 5.41) is 8.81. The van der Waals surface area contributed by atoms with E-state index < -0.39 is 0 Å². The molecule has 0 saturated heterocycles. The molecule has 2 aromatic carbocycles. The van der Waals surface area contributed by atoms with Crippen molar-refractivity contribution < 1.29 is 9.21 Å². The molecule has 0 aliphatic rings. The number of nitrogens with zero attached hydrogens (tertiary/aromatic N) is 2. The van der Waals surface area contributed by atoms with Crippen LogP contribution in [0.2, 0.25) is 10.0 Å². The van der Waals surface area contributed by atoms with Crippen molar-refractivity contribution in [3.8, 4) is 11.5 Å². The Bertz CT molecular complexity index is 818. The van der Waals surface area contributed by atoms with Gasteiger partial charge in [-0.3, -0.25) is 4.79 Å². The number of carbonyl (C=O) groups is 1. The number of rotatable bonds is 3. The van der Waals surface area contributed by atoms with Gasteiger partial charge in [-0.25, -0.2) is 0 Å². The molecule has 0 N–H and O–H groups in total. The second-order valence-corrected chi connectivity index (χ2v) is 6.02. The zero-order valence-corrected chi connectivity index (χ0v) is 13.3. The average Bonchev–Trinajstić information content (AvgIpc) is 2.96. The number of benzene rings is 2. The first kappa shape index (κ1) is 15.1. The lowest BCUT2D eigenvalue weighted by atomic mass is 10.2. The molecule has 22 heavy (non-hydrogen) atoms. The largest absolute Gasteiger partial charge is 0.411 e. The molecule has 0 amide bonds. The van der Waals surface area contributed by atoms with Gasteiger partial charge in [0.15, 0.2) is 0 Å². The number of hydrogen-bond donors (Lipinski definition) is 0. The van der Waals surface area contributed by atoms with Gasteiger partial charge in [-0.2, -0.15) is 0 Å². The predicted octanol–water partition coefficient (Wildman–Crippen LogP) is 4.98. The molecule has 0 bridgehead atoms. The zero-order chi connectivity index (χ0) is 15.5. The summed E-state index contributed by atoms with van der Waals surface area (Å²) in [5.41, 5.74) is 1.13. The van der Waals surface area contributed by atoms with Crippen molar-refractivity contribution in [2.24, 2.45) is 0 Å². The van der Waals surface area contributed by atoms with Crippen LogP contribution in [0.15, 0.2) is 58.2 Å². The molecular formula is C15H8Cl2N2O2S. The molecule has 0 saturated carbocycles. The molecule has 0 radical (unpaired) electrons. The van der Waals surface area contributed by atoms with Crippen molar-refractivity contribution in [3.63, 3.8) is 0 Å². The Morgan fingerprint density at radius 3 is 2.45 bits per heavy atom. The fraction of sp³-hybridized carbons (Fsp3) is 0. The zero-order valence-electron chi connectivity index (χ0n) is 11.0. The SMILES string of the molecule is O=C(Sc1nnc(-c2ccccc2Cl)o1)c1ccc(Cl)cc1. The van der Waals surface area contributed by atoms with Gasteiger partial charge in [0, 0.05) is 22.3 Å². The van der Waals surface area contributed by atoms with Crippen molar-refractivity contribution in [1.29, 1.82) is 0 Å². The van der Waals surface area contributed by atoms with Gasteiger partial charge in [0.1, 0.15) is 0 Å². The number of halogens is 2. The molecule has 7 heteroatoms. The Morgan fingerprint density at radius 2 is 1.73 bits per heavy atom. The summed E-state index contributed by atoms with van der Waals surface area (Å²) in [6.07, 6.45) is 0. The van der Waals surface area contributed by atoms with Crippen molar-refractivity contribution >= 4 is 40.1 Å². The average molecular weight is 351 g/mol. The summed E-state index contributed by atoms with van der Waals surface area (Å²) in [6, 6.07) is 13.7. The maximum Gasteiger partial charge on any atom is 0.284 e. The molecule has 1 heterocycles. The standard InChI is InChI=1S/C15H8Cl2N2O2S/c16-10-7-5-9(6-8-10)14(20)22-15-19-18-13(21-15)11-3-1-2-4-12(11)17/h1-8H. The van der Waals surface area contributed by atoms with E-state index in [1.807, 2.05) is 12.1 Å². The highest BCUT2D eigenvalue weighted by Crippen LogP contribution is 2.29. The second-order valence-electron chi connectivity index (χ2n) is 4.25. The van der Waals surface area contributed by atoms with Crippen molar-refractivity contribution in [3.05, 3.63) is 64.1 Å². The molecule has 3 rings (SSSR count). The van der Waals surface area contributed by atoms with Gasteiger partial charge in [0.05, 0.1) is 10.6 Å². The molecule has 0 aliphatic heterocycles. The third-order valence-electron chi connectivity index (χ3n) is 2.77. The van der Waals surface area contributed by atoms with Gasteiger partial charge in [-0.05, 0) is 36.4 Å². The minimum absolute atomic E-state index is 0.162. The second kappa shape index (κ2) is 6.52. The summed E-state index contributed by atoms with van der Waals surface area (Å²) in [6.45, 7) is 0. The molecule has 110 valence electrons. The normalized spacial score (nSPS) is 10.6. The predicted molar refractivity (Wildman–Crippen MR) is 86.4 cm³/mol. The monoisotopic (exact) mass is 350 g/mol. The Morgan fingerprint density at radius 1 is 1.00 bits per heavy atom. The van der Waals surface area contributed by atoms with E-state index >= 15 is 0 Å². The van der Waals surface area contributed by atoms with Crippen LogP contribution in [-0.2, 0) is 0 Å². The first-order valence-electron chi connectivity index (χ1n) is 6.19. The lowest BCUT2D eigenvalue weighted by molar-refractivity contribution is 0.108. The highest BCUT2D eigenvalue weighted by molar-refractivity contribution is 8.14. The van der Waals surface area contributed by atoms with E-state index in [9.17, 15) is 4.79 Å². The quantitative estimate of drug-likeness (QED) is 0.623. The first-order chi connectivity index (χ1) is 10.6. The molecule has 1 aromatic heterocycles. The molecule has 4 nitrogen and oxygen atoms in total. The van der Waals surface area contributed by atoms with Crippen LogP contribution in [0, 0.1) is 0 Å². The fourth-order valence-corrected chi connectivity index (χ4v) is 2.68. The van der Waals surface area contributed by atoms with Crippen LogP contribution < -0.4 is 0 Å². The summed E-state index contributed by atoms with van der Waals surface area (Å²) < 4.78 is 5.48. The Balaban J connectivity index is 1.78. The highest BCUT2D eigenvalue weighted by atomic mass is 35.5. The van der Waals surface area contributed by atoms with Crippen molar-refractivity contribution in [2.75, 3.05) is 0 Å². The van der Waals surface area contributed by atoms with Gasteiger partial charge in [0.2, 0.25) is 11.0 Å². The smallest absolute Gasteiger partial charge is 0.284 e. The number of thioether (sulfide) groups is 1. The van der Waals surface area contributed by atoms with Crippen LogP contribution in [0.4, 0.5) is 0 Å². The van der Waals surface area contributed by atoms with Crippen molar-refractivity contribution in [1.82, 2.24) is 10.2 Å². The van der Waals surface area contributed by atoms with E-state index in [-0.39, 0.29) is 16.2 Å². The minimum atomic E-state index is -0.203. The van der Waals surface area contributed by atoms with E-state index in [0.717, 1.165) is 11.8 Å². The fourth-order valence-electron chi connectivity index (χ4n) is 1.72. The molecular weight excluding hydrogens is 343 g/mol. The summed E-state index contributed by atoms with van der Waals surface area (Å²) in [4.78, 5) is 12.1. The highest BCUT2D eigenvalue weighted by Gasteiger charge is 2.16. The molecule has 0 spiro atoms. The van der Waals surface area contributed by atoms with Gasteiger partial charge in [0.25, 0.3) is 5.22 Å². The van der Waals surface area contributed by atoms with Gasteiger partial charge in [-0.15, -0.1) is 10.2 Å². The summed E-state index contributed by atoms with van der Waals surface area (Å²) >= 11 is 12.7. The first-order valence-corrected chi connectivity index (χ1v) is 7.77. The number of hydrogen-bond acceptors (Lipinski definition) is 5. The molecule has 0 atom stereocenters. The maximum atomic E-state index is 12.1. The topological polar surface area (TPSA) is 56.0 Å². The Labute approximate surface area is 140 Å². The Kier molecular flexibility index (Phi) is 4.47.